The number of hydrogen-bond donors (Lipinski definition) is 2. The molecule has 0 saturated heterocycles. The highest BCUT2D eigenvalue weighted by atomic mass is 127. The molecule has 0 spiro atoms. The van der Waals surface area contributed by atoms with Gasteiger partial charge in [0.2, 0.25) is 0 Å². The molecule has 10 heteroatoms. The van der Waals surface area contributed by atoms with E-state index in [1.54, 1.807) is 6.07 Å². The molecule has 0 saturated carbocycles. The number of rotatable bonds is 4. The Morgan fingerprint density at radius 1 is 1.32 bits per heavy atom. The third-order valence-electron chi connectivity index (χ3n) is 2.28. The number of nitrogens with one attached hydrogen (secondary N) is 1. The van der Waals surface area contributed by atoms with Crippen LogP contribution in [0.2, 0.25) is 0 Å². The number of hydrogen-bond acceptors (Lipinski definition) is 4. The molecule has 0 unspecified atom stereocenters. The molecule has 120 valence electrons. The third kappa shape index (κ3) is 5.79. The van der Waals surface area contributed by atoms with Crippen LogP contribution in [0.5, 0.6) is 5.75 Å². The molecule has 3 N–H and O–H groups in total. The zero-order valence-electron chi connectivity index (χ0n) is 11.0. The second kappa shape index (κ2) is 7.87. The summed E-state index contributed by atoms with van der Waals surface area (Å²) >= 11 is 0. The number of aliphatic imine (C=N–C) groups is 1. The van der Waals surface area contributed by atoms with Gasteiger partial charge in [0, 0.05) is 6.07 Å². The number of aromatic nitrogens is 1. The molecule has 0 aliphatic heterocycles. The summed E-state index contributed by atoms with van der Waals surface area (Å²) in [5.41, 5.74) is 6.19. The number of alkyl halides is 3. The van der Waals surface area contributed by atoms with Crippen molar-refractivity contribution in [1.29, 1.82) is 0 Å². The van der Waals surface area contributed by atoms with Crippen LogP contribution in [-0.4, -0.2) is 17.5 Å². The van der Waals surface area contributed by atoms with Crippen molar-refractivity contribution in [3.8, 4) is 5.75 Å². The molecule has 0 aliphatic carbocycles. The maximum atomic E-state index is 12.3. The van der Waals surface area contributed by atoms with Crippen LogP contribution in [0, 0.1) is 0 Å². The lowest BCUT2D eigenvalue weighted by atomic mass is 10.3. The Balaban J connectivity index is 0.00000242. The number of nitrogens with two attached hydrogens (primary N) is 1. The molecule has 1 aromatic carbocycles. The van der Waals surface area contributed by atoms with Gasteiger partial charge in [-0.15, -0.1) is 37.1 Å². The zero-order valence-corrected chi connectivity index (χ0v) is 13.3. The van der Waals surface area contributed by atoms with Crippen LogP contribution in [-0.2, 0) is 6.54 Å². The van der Waals surface area contributed by atoms with Crippen LogP contribution in [0.15, 0.2) is 46.1 Å². The van der Waals surface area contributed by atoms with Gasteiger partial charge >= 0.3 is 6.36 Å². The smallest absolute Gasteiger partial charge is 0.404 e. The Bertz CT molecular complexity index is 617. The van der Waals surface area contributed by atoms with Crippen LogP contribution in [0.25, 0.3) is 0 Å². The molecule has 0 amide bonds. The summed E-state index contributed by atoms with van der Waals surface area (Å²) in [4.78, 5) is 3.92. The highest BCUT2D eigenvalue weighted by Crippen LogP contribution is 2.29. The summed E-state index contributed by atoms with van der Waals surface area (Å²) in [5, 5.41) is 6.16. The molecule has 0 aliphatic rings. The molecular formula is C12H12F3IN4O2. The van der Waals surface area contributed by atoms with Crippen molar-refractivity contribution in [1.82, 2.24) is 5.16 Å². The Hall–Kier alpha value is -1.98. The second-order valence-electron chi connectivity index (χ2n) is 3.86. The minimum Gasteiger partial charge on any atom is -0.404 e. The maximum Gasteiger partial charge on any atom is 0.573 e. The molecule has 0 atom stereocenters. The van der Waals surface area contributed by atoms with Crippen LogP contribution < -0.4 is 15.8 Å². The Morgan fingerprint density at radius 2 is 2.05 bits per heavy atom. The first-order chi connectivity index (χ1) is 9.94. The van der Waals surface area contributed by atoms with E-state index < -0.39 is 12.1 Å². The average Bonchev–Trinajstić information content (AvgIpc) is 2.90. The lowest BCUT2D eigenvalue weighted by Gasteiger charge is -2.13. The first-order valence-corrected chi connectivity index (χ1v) is 5.75. The van der Waals surface area contributed by atoms with Crippen molar-refractivity contribution in [2.75, 3.05) is 5.32 Å². The van der Waals surface area contributed by atoms with Crippen molar-refractivity contribution in [3.63, 3.8) is 0 Å². The van der Waals surface area contributed by atoms with Gasteiger partial charge < -0.3 is 20.3 Å². The van der Waals surface area contributed by atoms with Gasteiger partial charge in [-0.1, -0.05) is 17.3 Å². The number of guanidine groups is 1. The Kier molecular flexibility index (Phi) is 6.46. The third-order valence-corrected chi connectivity index (χ3v) is 2.28. The lowest BCUT2D eigenvalue weighted by Crippen LogP contribution is -2.24. The molecule has 2 rings (SSSR count). The van der Waals surface area contributed by atoms with Crippen molar-refractivity contribution < 1.29 is 22.4 Å². The highest BCUT2D eigenvalue weighted by molar-refractivity contribution is 14.0. The molecule has 22 heavy (non-hydrogen) atoms. The predicted octanol–water partition coefficient (Wildman–Crippen LogP) is 3.12. The van der Waals surface area contributed by atoms with Crippen LogP contribution in [0.4, 0.5) is 18.9 Å². The number of anilines is 1. The monoisotopic (exact) mass is 428 g/mol. The molecular weight excluding hydrogens is 416 g/mol. The second-order valence-corrected chi connectivity index (χ2v) is 3.86. The fourth-order valence-corrected chi connectivity index (χ4v) is 1.45. The predicted molar refractivity (Wildman–Crippen MR) is 84.0 cm³/mol. The molecule has 6 nitrogen and oxygen atoms in total. The first-order valence-electron chi connectivity index (χ1n) is 5.75. The van der Waals surface area contributed by atoms with Crippen molar-refractivity contribution in [2.45, 2.75) is 12.9 Å². The van der Waals surface area contributed by atoms with E-state index in [4.69, 9.17) is 5.73 Å². The molecule has 0 radical (unpaired) electrons. The average molecular weight is 428 g/mol. The summed E-state index contributed by atoms with van der Waals surface area (Å²) < 4.78 is 45.3. The summed E-state index contributed by atoms with van der Waals surface area (Å²) in [6.07, 6.45) is -3.41. The van der Waals surface area contributed by atoms with E-state index in [0.29, 0.717) is 5.69 Å². The molecule has 1 heterocycles. The van der Waals surface area contributed by atoms with Gasteiger partial charge in [0.05, 0.1) is 12.2 Å². The number of para-hydroxylation sites is 2. The van der Waals surface area contributed by atoms with Crippen molar-refractivity contribution in [3.05, 3.63) is 42.3 Å². The van der Waals surface area contributed by atoms with Gasteiger partial charge in [0.15, 0.2) is 11.7 Å². The quantitative estimate of drug-likeness (QED) is 0.444. The first kappa shape index (κ1) is 18.1. The number of benzene rings is 1. The van der Waals surface area contributed by atoms with Gasteiger partial charge in [0.25, 0.3) is 0 Å². The highest BCUT2D eigenvalue weighted by Gasteiger charge is 2.32. The zero-order chi connectivity index (χ0) is 15.3. The van der Waals surface area contributed by atoms with Crippen molar-refractivity contribution in [2.24, 2.45) is 10.7 Å². The van der Waals surface area contributed by atoms with Gasteiger partial charge in [-0.25, -0.2) is 4.99 Å². The van der Waals surface area contributed by atoms with Gasteiger partial charge in [0.1, 0.15) is 12.0 Å². The largest absolute Gasteiger partial charge is 0.573 e. The molecule has 0 bridgehead atoms. The maximum absolute atomic E-state index is 12.3. The van der Waals surface area contributed by atoms with E-state index in [9.17, 15) is 13.2 Å². The fraction of sp³-hybridized carbons (Fsp3) is 0.167. The summed E-state index contributed by atoms with van der Waals surface area (Å²) in [7, 11) is 0. The summed E-state index contributed by atoms with van der Waals surface area (Å²) in [5.74, 6) is -0.471. The summed E-state index contributed by atoms with van der Waals surface area (Å²) in [6.45, 7) is 0.137. The normalized spacial score (nSPS) is 11.7. The van der Waals surface area contributed by atoms with E-state index in [1.165, 1.54) is 30.5 Å². The number of halogens is 4. The molecule has 0 fully saturated rings. The Morgan fingerprint density at radius 3 is 2.68 bits per heavy atom. The van der Waals surface area contributed by atoms with Gasteiger partial charge in [-0.3, -0.25) is 0 Å². The van der Waals surface area contributed by atoms with E-state index >= 15 is 0 Å². The minimum absolute atomic E-state index is 0. The van der Waals surface area contributed by atoms with Crippen LogP contribution in [0.1, 0.15) is 5.69 Å². The van der Waals surface area contributed by atoms with E-state index in [0.717, 1.165) is 0 Å². The van der Waals surface area contributed by atoms with E-state index in [1.807, 2.05) is 0 Å². The number of ether oxygens (including phenoxy) is 1. The van der Waals surface area contributed by atoms with Crippen LogP contribution >= 0.6 is 24.0 Å². The SMILES string of the molecule is I.NC(=NCc1ccon1)Nc1ccccc1OC(F)(F)F. The van der Waals surface area contributed by atoms with Crippen molar-refractivity contribution >= 4 is 35.6 Å². The van der Waals surface area contributed by atoms with E-state index in [2.05, 4.69) is 24.7 Å². The summed E-state index contributed by atoms with van der Waals surface area (Å²) in [6, 6.07) is 7.10. The van der Waals surface area contributed by atoms with E-state index in [-0.39, 0.29) is 42.2 Å². The standard InChI is InChI=1S/C12H11F3N4O2.HI/c13-12(14,15)21-10-4-2-1-3-9(10)18-11(16)17-7-8-5-6-20-19-8;/h1-6H,7H2,(H3,16,17,18);1H. The van der Waals surface area contributed by atoms with Gasteiger partial charge in [-0.2, -0.15) is 0 Å². The van der Waals surface area contributed by atoms with Gasteiger partial charge in [-0.05, 0) is 12.1 Å². The Labute approximate surface area is 140 Å². The fourth-order valence-electron chi connectivity index (χ4n) is 1.45. The van der Waals surface area contributed by atoms with Crippen LogP contribution in [0.3, 0.4) is 0 Å². The lowest BCUT2D eigenvalue weighted by molar-refractivity contribution is -0.274. The minimum atomic E-state index is -4.79. The molecule has 1 aromatic heterocycles. The number of nitrogens with zero attached hydrogens (tertiary/aromatic N) is 2. The molecule has 2 aromatic rings. The topological polar surface area (TPSA) is 85.7 Å².